The lowest BCUT2D eigenvalue weighted by Crippen LogP contribution is -2.48. The summed E-state index contributed by atoms with van der Waals surface area (Å²) in [6.07, 6.45) is 2.96. The minimum Gasteiger partial charge on any atom is -0.387 e. The van der Waals surface area contributed by atoms with E-state index in [4.69, 9.17) is 11.6 Å². The number of hydrogen-bond acceptors (Lipinski definition) is 5. The van der Waals surface area contributed by atoms with Gasteiger partial charge in [0.05, 0.1) is 6.10 Å². The molecule has 5 nitrogen and oxygen atoms in total. The molecular weight excluding hydrogens is 300 g/mol. The average molecular weight is 319 g/mol. The van der Waals surface area contributed by atoms with Crippen LogP contribution in [0.15, 0.2) is 42.7 Å². The number of benzene rings is 1. The third-order valence-corrected chi connectivity index (χ3v) is 4.25. The van der Waals surface area contributed by atoms with Gasteiger partial charge in [-0.05, 0) is 12.1 Å². The average Bonchev–Trinajstić information content (AvgIpc) is 2.57. The predicted molar refractivity (Wildman–Crippen MR) is 87.1 cm³/mol. The van der Waals surface area contributed by atoms with Crippen molar-refractivity contribution in [2.24, 2.45) is 0 Å². The van der Waals surface area contributed by atoms with Crippen molar-refractivity contribution < 1.29 is 5.11 Å². The van der Waals surface area contributed by atoms with Gasteiger partial charge in [0.15, 0.2) is 0 Å². The molecule has 2 aromatic rings. The lowest BCUT2D eigenvalue weighted by atomic mass is 10.1. The molecule has 6 heteroatoms. The number of aliphatic hydroxyl groups excluding tert-OH is 1. The van der Waals surface area contributed by atoms with Crippen molar-refractivity contribution in [1.29, 1.82) is 0 Å². The maximum Gasteiger partial charge on any atom is 0.225 e. The molecule has 22 heavy (non-hydrogen) atoms. The van der Waals surface area contributed by atoms with E-state index in [2.05, 4.69) is 19.8 Å². The van der Waals surface area contributed by atoms with Gasteiger partial charge < -0.3 is 10.0 Å². The van der Waals surface area contributed by atoms with Crippen LogP contribution in [-0.2, 0) is 0 Å². The van der Waals surface area contributed by atoms with Gasteiger partial charge >= 0.3 is 0 Å². The number of halogens is 1. The first-order valence-electron chi connectivity index (χ1n) is 7.41. The summed E-state index contributed by atoms with van der Waals surface area (Å²) in [4.78, 5) is 13.0. The number of β-amino-alcohol motifs (C(OH)–C–C–N with tert-alkyl or cyclic N) is 1. The van der Waals surface area contributed by atoms with Crippen molar-refractivity contribution in [3.05, 3.63) is 53.3 Å². The lowest BCUT2D eigenvalue weighted by Gasteiger charge is -2.35. The molecular formula is C16H19ClN4O. The fourth-order valence-electron chi connectivity index (χ4n) is 2.67. The number of rotatable bonds is 4. The summed E-state index contributed by atoms with van der Waals surface area (Å²) in [7, 11) is 0. The molecule has 116 valence electrons. The molecule has 1 N–H and O–H groups in total. The molecule has 0 spiro atoms. The second-order valence-corrected chi connectivity index (χ2v) is 5.78. The van der Waals surface area contributed by atoms with Crippen molar-refractivity contribution in [3.63, 3.8) is 0 Å². The van der Waals surface area contributed by atoms with Gasteiger partial charge in [0, 0.05) is 55.7 Å². The van der Waals surface area contributed by atoms with Crippen LogP contribution in [0, 0.1) is 0 Å². The molecule has 2 heterocycles. The fourth-order valence-corrected chi connectivity index (χ4v) is 2.93. The zero-order chi connectivity index (χ0) is 15.4. The quantitative estimate of drug-likeness (QED) is 0.934. The summed E-state index contributed by atoms with van der Waals surface area (Å²) in [6.45, 7) is 4.06. The maximum atomic E-state index is 10.4. The van der Waals surface area contributed by atoms with Crippen LogP contribution in [-0.4, -0.2) is 52.7 Å². The van der Waals surface area contributed by atoms with Gasteiger partial charge in [-0.25, -0.2) is 9.97 Å². The van der Waals surface area contributed by atoms with Crippen molar-refractivity contribution >= 4 is 17.5 Å². The van der Waals surface area contributed by atoms with Gasteiger partial charge in [-0.2, -0.15) is 0 Å². The summed E-state index contributed by atoms with van der Waals surface area (Å²) in [5, 5.41) is 11.0. The van der Waals surface area contributed by atoms with Crippen LogP contribution < -0.4 is 4.90 Å². The van der Waals surface area contributed by atoms with Gasteiger partial charge in [0.1, 0.15) is 0 Å². The number of aliphatic hydroxyl groups is 1. The van der Waals surface area contributed by atoms with Crippen LogP contribution in [0.1, 0.15) is 11.7 Å². The van der Waals surface area contributed by atoms with E-state index in [0.717, 1.165) is 37.7 Å². The van der Waals surface area contributed by atoms with Crippen LogP contribution in [0.3, 0.4) is 0 Å². The van der Waals surface area contributed by atoms with Crippen LogP contribution in [0.25, 0.3) is 0 Å². The Morgan fingerprint density at radius 1 is 1.05 bits per heavy atom. The minimum atomic E-state index is -0.562. The van der Waals surface area contributed by atoms with Crippen LogP contribution in [0.4, 0.5) is 5.95 Å². The molecule has 1 aromatic heterocycles. The van der Waals surface area contributed by atoms with E-state index in [1.54, 1.807) is 12.4 Å². The topological polar surface area (TPSA) is 52.5 Å². The van der Waals surface area contributed by atoms with E-state index in [1.165, 1.54) is 0 Å². The number of anilines is 1. The molecule has 3 rings (SSSR count). The molecule has 1 saturated heterocycles. The Balaban J connectivity index is 1.55. The third kappa shape index (κ3) is 3.55. The first-order valence-corrected chi connectivity index (χ1v) is 7.78. The molecule has 1 aromatic carbocycles. The Kier molecular flexibility index (Phi) is 4.87. The SMILES string of the molecule is OC(CN1CCN(c2ncccn2)CC1)c1ccccc1Cl. The Labute approximate surface area is 135 Å². The van der Waals surface area contributed by atoms with E-state index in [9.17, 15) is 5.11 Å². The molecule has 0 aliphatic carbocycles. The molecule has 1 aliphatic rings. The van der Waals surface area contributed by atoms with Crippen LogP contribution in [0.2, 0.25) is 5.02 Å². The Morgan fingerprint density at radius 3 is 2.41 bits per heavy atom. The van der Waals surface area contributed by atoms with E-state index < -0.39 is 6.10 Å². The molecule has 0 saturated carbocycles. The number of nitrogens with zero attached hydrogens (tertiary/aromatic N) is 4. The Hall–Kier alpha value is -1.69. The van der Waals surface area contributed by atoms with Crippen LogP contribution in [0.5, 0.6) is 0 Å². The van der Waals surface area contributed by atoms with E-state index in [-0.39, 0.29) is 0 Å². The first kappa shape index (κ1) is 15.2. The normalized spacial score (nSPS) is 17.5. The monoisotopic (exact) mass is 318 g/mol. The highest BCUT2D eigenvalue weighted by Gasteiger charge is 2.21. The van der Waals surface area contributed by atoms with Crippen molar-refractivity contribution in [3.8, 4) is 0 Å². The van der Waals surface area contributed by atoms with Gasteiger partial charge in [-0.1, -0.05) is 29.8 Å². The molecule has 0 radical (unpaired) electrons. The first-order chi connectivity index (χ1) is 10.7. The molecule has 1 aliphatic heterocycles. The lowest BCUT2D eigenvalue weighted by molar-refractivity contribution is 0.109. The second-order valence-electron chi connectivity index (χ2n) is 5.37. The Bertz CT molecular complexity index is 602. The number of piperazine rings is 1. The number of hydrogen-bond donors (Lipinski definition) is 1. The predicted octanol–water partition coefficient (Wildman–Crippen LogP) is 1.99. The van der Waals surface area contributed by atoms with Crippen molar-refractivity contribution in [2.75, 3.05) is 37.6 Å². The highest BCUT2D eigenvalue weighted by Crippen LogP contribution is 2.23. The van der Waals surface area contributed by atoms with Gasteiger partial charge in [0.25, 0.3) is 0 Å². The van der Waals surface area contributed by atoms with Gasteiger partial charge in [-0.15, -0.1) is 0 Å². The smallest absolute Gasteiger partial charge is 0.225 e. The third-order valence-electron chi connectivity index (χ3n) is 3.90. The second kappa shape index (κ2) is 7.05. The molecule has 1 fully saturated rings. The van der Waals surface area contributed by atoms with Gasteiger partial charge in [-0.3, -0.25) is 4.90 Å². The zero-order valence-electron chi connectivity index (χ0n) is 12.3. The Morgan fingerprint density at radius 2 is 1.73 bits per heavy atom. The van der Waals surface area contributed by atoms with Gasteiger partial charge in [0.2, 0.25) is 5.95 Å². The fraction of sp³-hybridized carbons (Fsp3) is 0.375. The van der Waals surface area contributed by atoms with E-state index in [0.29, 0.717) is 11.6 Å². The van der Waals surface area contributed by atoms with Crippen molar-refractivity contribution in [1.82, 2.24) is 14.9 Å². The molecule has 1 unspecified atom stereocenters. The zero-order valence-corrected chi connectivity index (χ0v) is 13.0. The minimum absolute atomic E-state index is 0.562. The highest BCUT2D eigenvalue weighted by atomic mass is 35.5. The largest absolute Gasteiger partial charge is 0.387 e. The summed E-state index contributed by atoms with van der Waals surface area (Å²) in [5.41, 5.74) is 0.790. The maximum absolute atomic E-state index is 10.4. The summed E-state index contributed by atoms with van der Waals surface area (Å²) in [6, 6.07) is 9.28. The van der Waals surface area contributed by atoms with E-state index >= 15 is 0 Å². The molecule has 0 amide bonds. The number of aromatic nitrogens is 2. The van der Waals surface area contributed by atoms with E-state index in [1.807, 2.05) is 30.3 Å². The van der Waals surface area contributed by atoms with Crippen molar-refractivity contribution in [2.45, 2.75) is 6.10 Å². The highest BCUT2D eigenvalue weighted by molar-refractivity contribution is 6.31. The standard InChI is InChI=1S/C16H19ClN4O/c17-14-5-2-1-4-13(14)15(22)12-20-8-10-21(11-9-20)16-18-6-3-7-19-16/h1-7,15,22H,8-12H2. The summed E-state index contributed by atoms with van der Waals surface area (Å²) in [5.74, 6) is 0.772. The summed E-state index contributed by atoms with van der Waals surface area (Å²) >= 11 is 6.14. The molecule has 1 atom stereocenters. The summed E-state index contributed by atoms with van der Waals surface area (Å²) < 4.78 is 0. The molecule has 0 bridgehead atoms. The van der Waals surface area contributed by atoms with Crippen LogP contribution >= 0.6 is 11.6 Å².